The quantitative estimate of drug-likeness (QED) is 0.513. The van der Waals surface area contributed by atoms with Crippen LogP contribution in [-0.4, -0.2) is 0 Å². The van der Waals surface area contributed by atoms with Crippen molar-refractivity contribution >= 4 is 0 Å². The summed E-state index contributed by atoms with van der Waals surface area (Å²) < 4.78 is 22.5. The normalized spacial score (nSPS) is 16.2. The maximum absolute atomic E-state index is 7.50. The summed E-state index contributed by atoms with van der Waals surface area (Å²) in [7, 11) is 0. The Balaban J connectivity index is 2.19. The number of aryl methyl sites for hydroxylation is 2. The van der Waals surface area contributed by atoms with Crippen molar-refractivity contribution in [1.82, 2.24) is 0 Å². The van der Waals surface area contributed by atoms with Crippen molar-refractivity contribution in [3.05, 3.63) is 58.7 Å². The fourth-order valence-electron chi connectivity index (χ4n) is 2.28. The van der Waals surface area contributed by atoms with E-state index in [1.54, 1.807) is 6.07 Å². The molecule has 0 unspecified atom stereocenters. The van der Waals surface area contributed by atoms with Crippen molar-refractivity contribution in [2.45, 2.75) is 20.2 Å². The summed E-state index contributed by atoms with van der Waals surface area (Å²) in [6.07, 6.45) is 0.909. The Morgan fingerprint density at radius 2 is 1.53 bits per heavy atom. The number of hydrogen-bond donors (Lipinski definition) is 0. The van der Waals surface area contributed by atoms with Crippen molar-refractivity contribution in [2.24, 2.45) is 0 Å². The molecule has 0 aliphatic heterocycles. The first-order valence-electron chi connectivity index (χ1n) is 6.68. The average molecular weight is 197 g/mol. The van der Waals surface area contributed by atoms with Gasteiger partial charge in [-0.1, -0.05) is 47.5 Å². The van der Waals surface area contributed by atoms with Crippen LogP contribution in [0, 0.1) is 13.8 Å². The van der Waals surface area contributed by atoms with Crippen LogP contribution < -0.4 is 0 Å². The fourth-order valence-corrected chi connectivity index (χ4v) is 2.28. The summed E-state index contributed by atoms with van der Waals surface area (Å²) in [6, 6.07) is 11.9. The highest BCUT2D eigenvalue weighted by Crippen LogP contribution is 2.37. The molecule has 3 rings (SSSR count). The van der Waals surface area contributed by atoms with Crippen LogP contribution in [-0.2, 0) is 6.42 Å². The van der Waals surface area contributed by atoms with E-state index in [1.165, 1.54) is 22.3 Å². The second kappa shape index (κ2) is 2.96. The molecule has 0 radical (unpaired) electrons. The minimum Gasteiger partial charge on any atom is -0.0590 e. The fraction of sp³-hybridized carbons (Fsp3) is 0.200. The number of rotatable bonds is 0. The smallest absolute Gasteiger partial charge is 0.0280 e. The highest BCUT2D eigenvalue weighted by atomic mass is 14.2. The zero-order valence-corrected chi connectivity index (χ0v) is 8.67. The van der Waals surface area contributed by atoms with Gasteiger partial charge in [0.15, 0.2) is 0 Å². The van der Waals surface area contributed by atoms with Crippen LogP contribution in [0.25, 0.3) is 11.1 Å². The second-order valence-electron chi connectivity index (χ2n) is 4.21. The van der Waals surface area contributed by atoms with Gasteiger partial charge in [-0.15, -0.1) is 0 Å². The number of benzene rings is 2. The van der Waals surface area contributed by atoms with Gasteiger partial charge >= 0.3 is 0 Å². The molecule has 0 aromatic heterocycles. The summed E-state index contributed by atoms with van der Waals surface area (Å²) >= 11 is 0. The first-order chi connectivity index (χ1) is 8.45. The molecule has 0 spiro atoms. The molecule has 2 aromatic carbocycles. The van der Waals surface area contributed by atoms with Crippen molar-refractivity contribution in [2.75, 3.05) is 0 Å². The van der Waals surface area contributed by atoms with Crippen molar-refractivity contribution in [3.63, 3.8) is 0 Å². The van der Waals surface area contributed by atoms with Gasteiger partial charge in [-0.2, -0.15) is 0 Å². The van der Waals surface area contributed by atoms with Gasteiger partial charge in [-0.05, 0) is 42.5 Å². The molecule has 0 heteroatoms. The summed E-state index contributed by atoms with van der Waals surface area (Å²) in [6.45, 7) is 0.0352. The lowest BCUT2D eigenvalue weighted by Gasteiger charge is -2.03. The van der Waals surface area contributed by atoms with Gasteiger partial charge in [-0.3, -0.25) is 0 Å². The van der Waals surface area contributed by atoms with Crippen LogP contribution in [0.3, 0.4) is 0 Å². The highest BCUT2D eigenvalue weighted by molar-refractivity contribution is 5.77. The standard InChI is InChI=1S/C15H14/c1-10-3-5-12-9-13-6-4-11(2)8-15(13)14(12)7-10/h3-8H,9H2,1-2H3/i1D3. The van der Waals surface area contributed by atoms with Crippen LogP contribution in [0.1, 0.15) is 26.4 Å². The van der Waals surface area contributed by atoms with Gasteiger partial charge in [0.2, 0.25) is 0 Å². The Hall–Kier alpha value is -1.56. The zero-order valence-electron chi connectivity index (χ0n) is 11.7. The van der Waals surface area contributed by atoms with Crippen LogP contribution >= 0.6 is 0 Å². The average Bonchev–Trinajstić information content (AvgIpc) is 2.65. The third-order valence-corrected chi connectivity index (χ3v) is 3.05. The van der Waals surface area contributed by atoms with E-state index in [4.69, 9.17) is 4.11 Å². The third kappa shape index (κ3) is 1.29. The van der Waals surface area contributed by atoms with Gasteiger partial charge in [0, 0.05) is 4.11 Å². The molecule has 15 heavy (non-hydrogen) atoms. The van der Waals surface area contributed by atoms with Gasteiger partial charge in [0.05, 0.1) is 0 Å². The van der Waals surface area contributed by atoms with Crippen molar-refractivity contribution in [3.8, 4) is 11.1 Å². The van der Waals surface area contributed by atoms with E-state index in [-0.39, 0.29) is 0 Å². The minimum atomic E-state index is -2.03. The molecule has 2 aromatic rings. The first-order valence-corrected chi connectivity index (χ1v) is 5.18. The third-order valence-electron chi connectivity index (χ3n) is 3.05. The molecule has 74 valence electrons. The molecule has 0 N–H and O–H groups in total. The number of hydrogen-bond acceptors (Lipinski definition) is 0. The van der Waals surface area contributed by atoms with Crippen molar-refractivity contribution < 1.29 is 4.11 Å². The maximum atomic E-state index is 7.50. The van der Waals surface area contributed by atoms with Crippen molar-refractivity contribution in [1.29, 1.82) is 0 Å². The van der Waals surface area contributed by atoms with E-state index in [0.717, 1.165) is 12.0 Å². The lowest BCUT2D eigenvalue weighted by atomic mass is 10.0. The van der Waals surface area contributed by atoms with Gasteiger partial charge in [-0.25, -0.2) is 0 Å². The monoisotopic (exact) mass is 197 g/mol. The molecule has 0 fully saturated rings. The maximum Gasteiger partial charge on any atom is 0.0280 e. The largest absolute Gasteiger partial charge is 0.0590 e. The van der Waals surface area contributed by atoms with Crippen LogP contribution in [0.4, 0.5) is 0 Å². The van der Waals surface area contributed by atoms with E-state index in [0.29, 0.717) is 5.56 Å². The second-order valence-corrected chi connectivity index (χ2v) is 4.21. The Morgan fingerprint density at radius 3 is 2.20 bits per heavy atom. The Kier molecular flexibility index (Phi) is 1.21. The van der Waals surface area contributed by atoms with E-state index < -0.39 is 6.85 Å². The van der Waals surface area contributed by atoms with E-state index >= 15 is 0 Å². The van der Waals surface area contributed by atoms with Gasteiger partial charge < -0.3 is 0 Å². The molecule has 0 atom stereocenters. The molecule has 0 bridgehead atoms. The first kappa shape index (κ1) is 6.12. The lowest BCUT2D eigenvalue weighted by Crippen LogP contribution is -1.80. The van der Waals surface area contributed by atoms with E-state index in [1.807, 2.05) is 12.1 Å². The summed E-state index contributed by atoms with van der Waals surface area (Å²) in [5.41, 5.74) is 6.43. The SMILES string of the molecule is [2H]C([2H])([2H])c1ccc2c(c1)-c1cc(C)ccc1C2. The van der Waals surface area contributed by atoms with E-state index in [2.05, 4.69) is 25.1 Å². The Labute approximate surface area is 94.8 Å². The molecular weight excluding hydrogens is 180 g/mol. The topological polar surface area (TPSA) is 0 Å². The van der Waals surface area contributed by atoms with Gasteiger partial charge in [0.25, 0.3) is 0 Å². The predicted octanol–water partition coefficient (Wildman–Crippen LogP) is 3.87. The zero-order chi connectivity index (χ0) is 12.9. The summed E-state index contributed by atoms with van der Waals surface area (Å²) in [5, 5.41) is 0. The highest BCUT2D eigenvalue weighted by Gasteiger charge is 2.17. The molecule has 0 heterocycles. The van der Waals surface area contributed by atoms with Crippen LogP contribution in [0.15, 0.2) is 36.4 Å². The Bertz CT molecular complexity index is 624. The number of fused-ring (bicyclic) bond motifs is 3. The molecule has 0 nitrogen and oxygen atoms in total. The molecule has 1 aliphatic carbocycles. The van der Waals surface area contributed by atoms with Crippen LogP contribution in [0.2, 0.25) is 0 Å². The summed E-state index contributed by atoms with van der Waals surface area (Å²) in [5.74, 6) is 0. The molecule has 0 amide bonds. The molecule has 0 saturated carbocycles. The lowest BCUT2D eigenvalue weighted by molar-refractivity contribution is 1.25. The van der Waals surface area contributed by atoms with Gasteiger partial charge in [0.1, 0.15) is 0 Å². The van der Waals surface area contributed by atoms with Crippen LogP contribution in [0.5, 0.6) is 0 Å². The minimum absolute atomic E-state index is 0.426. The summed E-state index contributed by atoms with van der Waals surface area (Å²) in [4.78, 5) is 0. The van der Waals surface area contributed by atoms with E-state index in [9.17, 15) is 0 Å². The molecule has 0 saturated heterocycles. The molecular formula is C15H14. The Morgan fingerprint density at radius 1 is 0.933 bits per heavy atom. The molecule has 1 aliphatic rings. The predicted molar refractivity (Wildman–Crippen MR) is 64.2 cm³/mol.